The summed E-state index contributed by atoms with van der Waals surface area (Å²) >= 11 is 0. The van der Waals surface area contributed by atoms with Crippen molar-refractivity contribution in [1.29, 1.82) is 0 Å². The number of rotatable bonds is 5. The fourth-order valence-electron chi connectivity index (χ4n) is 1.48. The van der Waals surface area contributed by atoms with E-state index in [1.165, 1.54) is 11.1 Å². The Hall–Kier alpha value is -1.11. The van der Waals surface area contributed by atoms with E-state index in [2.05, 4.69) is 44.5 Å². The first kappa shape index (κ1) is 18.3. The van der Waals surface area contributed by atoms with E-state index < -0.39 is 0 Å². The number of nitrogens with zero attached hydrogens (tertiary/aromatic N) is 1. The Kier molecular flexibility index (Phi) is 12.2. The Bertz CT molecular complexity index is 293. The van der Waals surface area contributed by atoms with Crippen LogP contribution in [-0.4, -0.2) is 5.71 Å². The van der Waals surface area contributed by atoms with Gasteiger partial charge in [-0.05, 0) is 38.7 Å². The molecule has 1 heteroatoms. The van der Waals surface area contributed by atoms with Crippen molar-refractivity contribution in [2.75, 3.05) is 0 Å². The zero-order chi connectivity index (χ0) is 13.8. The molecule has 0 N–H and O–H groups in total. The van der Waals surface area contributed by atoms with Gasteiger partial charge in [-0.3, -0.25) is 4.99 Å². The molecule has 98 valence electrons. The molecule has 0 heterocycles. The van der Waals surface area contributed by atoms with Gasteiger partial charge in [0.2, 0.25) is 0 Å². The van der Waals surface area contributed by atoms with Crippen molar-refractivity contribution in [2.45, 2.75) is 54.9 Å². The highest BCUT2D eigenvalue weighted by molar-refractivity contribution is 6.01. The fraction of sp³-hybridized carbons (Fsp3) is 0.562. The molecule has 0 rings (SSSR count). The highest BCUT2D eigenvalue weighted by atomic mass is 14.7. The van der Waals surface area contributed by atoms with Crippen LogP contribution in [0.4, 0.5) is 0 Å². The summed E-state index contributed by atoms with van der Waals surface area (Å²) in [4.78, 5) is 4.25. The standard InChI is InChI=1S/C14H23N.C2H6/c1-7-10-14(13(6)15-9-3)12(5)11(4)8-2;1-2/h7,9-11H,3,8H2,1-2,4-6H3;1-2H3/b10-7-,14-12+,15-13?;. The van der Waals surface area contributed by atoms with Crippen LogP contribution in [0.2, 0.25) is 0 Å². The lowest BCUT2D eigenvalue weighted by molar-refractivity contribution is 0.653. The number of hydrogen-bond donors (Lipinski definition) is 0. The molecule has 0 saturated heterocycles. The first-order chi connectivity index (χ1) is 8.08. The smallest absolute Gasteiger partial charge is 0.0444 e. The Labute approximate surface area is 108 Å². The van der Waals surface area contributed by atoms with Crippen LogP contribution in [0.3, 0.4) is 0 Å². The zero-order valence-electron chi connectivity index (χ0n) is 12.7. The van der Waals surface area contributed by atoms with E-state index in [9.17, 15) is 0 Å². The monoisotopic (exact) mass is 235 g/mol. The summed E-state index contributed by atoms with van der Waals surface area (Å²) in [7, 11) is 0. The lowest BCUT2D eigenvalue weighted by Crippen LogP contribution is -2.04. The van der Waals surface area contributed by atoms with Gasteiger partial charge < -0.3 is 0 Å². The molecular weight excluding hydrogens is 206 g/mol. The van der Waals surface area contributed by atoms with Crippen LogP contribution in [0.1, 0.15) is 54.9 Å². The normalized spacial score (nSPS) is 14.9. The van der Waals surface area contributed by atoms with Crippen molar-refractivity contribution in [2.24, 2.45) is 10.9 Å². The van der Waals surface area contributed by atoms with Crippen molar-refractivity contribution < 1.29 is 0 Å². The first-order valence-corrected chi connectivity index (χ1v) is 6.57. The van der Waals surface area contributed by atoms with Gasteiger partial charge >= 0.3 is 0 Å². The third-order valence-corrected chi connectivity index (χ3v) is 2.78. The number of aliphatic imine (C=N–C) groups is 1. The fourth-order valence-corrected chi connectivity index (χ4v) is 1.48. The third kappa shape index (κ3) is 6.93. The molecule has 0 bridgehead atoms. The maximum Gasteiger partial charge on any atom is 0.0444 e. The van der Waals surface area contributed by atoms with Gasteiger partial charge in [-0.2, -0.15) is 0 Å². The van der Waals surface area contributed by atoms with E-state index in [1.807, 2.05) is 27.7 Å². The highest BCUT2D eigenvalue weighted by Gasteiger charge is 2.08. The van der Waals surface area contributed by atoms with E-state index in [4.69, 9.17) is 0 Å². The molecule has 0 aromatic rings. The van der Waals surface area contributed by atoms with Crippen molar-refractivity contribution in [3.05, 3.63) is 36.1 Å². The summed E-state index contributed by atoms with van der Waals surface area (Å²) in [6.45, 7) is 18.3. The molecule has 1 atom stereocenters. The minimum Gasteiger partial charge on any atom is -0.262 e. The maximum atomic E-state index is 4.25. The van der Waals surface area contributed by atoms with Crippen molar-refractivity contribution >= 4 is 5.71 Å². The minimum atomic E-state index is 0.603. The topological polar surface area (TPSA) is 12.4 Å². The zero-order valence-corrected chi connectivity index (χ0v) is 12.7. The van der Waals surface area contributed by atoms with E-state index >= 15 is 0 Å². The van der Waals surface area contributed by atoms with Crippen molar-refractivity contribution in [3.8, 4) is 0 Å². The number of hydrogen-bond acceptors (Lipinski definition) is 1. The SMILES string of the molecule is C=CN=C(C)C(/C=C\C)=C(\C)C(C)CC.CC. The van der Waals surface area contributed by atoms with Gasteiger partial charge in [0.05, 0.1) is 0 Å². The Morgan fingerprint density at radius 3 is 2.18 bits per heavy atom. The van der Waals surface area contributed by atoms with Gasteiger partial charge in [0.15, 0.2) is 0 Å². The van der Waals surface area contributed by atoms with Crippen LogP contribution in [0.15, 0.2) is 41.1 Å². The summed E-state index contributed by atoms with van der Waals surface area (Å²) in [6.07, 6.45) is 6.95. The molecule has 17 heavy (non-hydrogen) atoms. The number of allylic oxidation sites excluding steroid dienone is 4. The molecular formula is C16H29N. The van der Waals surface area contributed by atoms with Gasteiger partial charge in [0, 0.05) is 11.9 Å². The molecule has 0 aliphatic rings. The van der Waals surface area contributed by atoms with Gasteiger partial charge in [-0.1, -0.05) is 52.0 Å². The van der Waals surface area contributed by atoms with Gasteiger partial charge in [-0.15, -0.1) is 0 Å². The molecule has 0 radical (unpaired) electrons. The molecule has 0 spiro atoms. The maximum absolute atomic E-state index is 4.25. The summed E-state index contributed by atoms with van der Waals surface area (Å²) in [6, 6.07) is 0. The van der Waals surface area contributed by atoms with Crippen molar-refractivity contribution in [1.82, 2.24) is 0 Å². The van der Waals surface area contributed by atoms with E-state index in [-0.39, 0.29) is 0 Å². The van der Waals surface area contributed by atoms with E-state index in [1.54, 1.807) is 6.20 Å². The van der Waals surface area contributed by atoms with Crippen LogP contribution >= 0.6 is 0 Å². The van der Waals surface area contributed by atoms with E-state index in [0.717, 1.165) is 12.1 Å². The molecule has 0 fully saturated rings. The average Bonchev–Trinajstić information content (AvgIpc) is 2.36. The summed E-state index contributed by atoms with van der Waals surface area (Å²) in [5.74, 6) is 0.603. The summed E-state index contributed by atoms with van der Waals surface area (Å²) in [5.41, 5.74) is 3.69. The first-order valence-electron chi connectivity index (χ1n) is 6.57. The van der Waals surface area contributed by atoms with Crippen molar-refractivity contribution in [3.63, 3.8) is 0 Å². The largest absolute Gasteiger partial charge is 0.262 e. The molecule has 1 nitrogen and oxygen atoms in total. The quantitative estimate of drug-likeness (QED) is 0.437. The second-order valence-electron chi connectivity index (χ2n) is 3.80. The summed E-state index contributed by atoms with van der Waals surface area (Å²) < 4.78 is 0. The van der Waals surface area contributed by atoms with Crippen LogP contribution in [-0.2, 0) is 0 Å². The molecule has 0 saturated carbocycles. The Morgan fingerprint density at radius 2 is 1.82 bits per heavy atom. The Morgan fingerprint density at radius 1 is 1.29 bits per heavy atom. The van der Waals surface area contributed by atoms with Crippen LogP contribution in [0.5, 0.6) is 0 Å². The third-order valence-electron chi connectivity index (χ3n) is 2.78. The second-order valence-corrected chi connectivity index (χ2v) is 3.80. The van der Waals surface area contributed by atoms with Gasteiger partial charge in [0.25, 0.3) is 0 Å². The minimum absolute atomic E-state index is 0.603. The van der Waals surface area contributed by atoms with Gasteiger partial charge in [0.1, 0.15) is 0 Å². The van der Waals surface area contributed by atoms with Crippen LogP contribution in [0.25, 0.3) is 0 Å². The molecule has 0 aromatic carbocycles. The van der Waals surface area contributed by atoms with Gasteiger partial charge in [-0.25, -0.2) is 0 Å². The lowest BCUT2D eigenvalue weighted by Gasteiger charge is -2.14. The average molecular weight is 235 g/mol. The molecule has 0 aliphatic heterocycles. The summed E-state index contributed by atoms with van der Waals surface area (Å²) in [5, 5.41) is 0. The Balaban J connectivity index is 0. The van der Waals surface area contributed by atoms with Crippen LogP contribution in [0, 0.1) is 5.92 Å². The predicted octanol–water partition coefficient (Wildman–Crippen LogP) is 5.56. The molecule has 0 aromatic heterocycles. The second kappa shape index (κ2) is 11.4. The lowest BCUT2D eigenvalue weighted by atomic mass is 9.93. The molecule has 0 amide bonds. The predicted molar refractivity (Wildman–Crippen MR) is 81.6 cm³/mol. The highest BCUT2D eigenvalue weighted by Crippen LogP contribution is 2.20. The molecule has 0 aliphatic carbocycles. The van der Waals surface area contributed by atoms with E-state index in [0.29, 0.717) is 5.92 Å². The molecule has 1 unspecified atom stereocenters. The van der Waals surface area contributed by atoms with Crippen LogP contribution < -0.4 is 0 Å².